The van der Waals surface area contributed by atoms with E-state index in [1.54, 1.807) is 41.1 Å². The molecule has 1 aromatic carbocycles. The predicted molar refractivity (Wildman–Crippen MR) is 151 cm³/mol. The van der Waals surface area contributed by atoms with E-state index in [-0.39, 0.29) is 37.6 Å². The van der Waals surface area contributed by atoms with Crippen molar-refractivity contribution in [3.05, 3.63) is 82.9 Å². The van der Waals surface area contributed by atoms with Crippen molar-refractivity contribution < 1.29 is 22.8 Å². The monoisotopic (exact) mass is 590 g/mol. The fourth-order valence-electron chi connectivity index (χ4n) is 4.75. The predicted octanol–water partition coefficient (Wildman–Crippen LogP) is 5.57. The molecule has 0 spiro atoms. The van der Waals surface area contributed by atoms with E-state index in [4.69, 9.17) is 5.73 Å². The van der Waals surface area contributed by atoms with Crippen LogP contribution in [0.25, 0.3) is 38.2 Å². The summed E-state index contributed by atoms with van der Waals surface area (Å²) < 4.78 is 44.6. The van der Waals surface area contributed by atoms with Crippen molar-refractivity contribution in [3.8, 4) is 22.4 Å². The number of hydrogen-bond donors (Lipinski definition) is 2. The first-order valence-electron chi connectivity index (χ1n) is 12.6. The summed E-state index contributed by atoms with van der Waals surface area (Å²) in [6, 6.07) is 11.0. The molecule has 14 heteroatoms. The molecule has 0 aliphatic carbocycles. The van der Waals surface area contributed by atoms with Gasteiger partial charge in [-0.25, -0.2) is 14.5 Å². The molecule has 10 nitrogen and oxygen atoms in total. The van der Waals surface area contributed by atoms with Crippen LogP contribution in [0.2, 0.25) is 0 Å². The molecule has 0 atom stereocenters. The van der Waals surface area contributed by atoms with Gasteiger partial charge in [0.2, 0.25) is 0 Å². The summed E-state index contributed by atoms with van der Waals surface area (Å²) in [7, 11) is 0. The van der Waals surface area contributed by atoms with Crippen LogP contribution in [0.1, 0.15) is 38.3 Å². The number of aryl methyl sites for hydroxylation is 2. The zero-order valence-electron chi connectivity index (χ0n) is 22.1. The quantitative estimate of drug-likeness (QED) is 0.261. The molecule has 0 bridgehead atoms. The lowest BCUT2D eigenvalue weighted by atomic mass is 10.0. The molecule has 0 fully saturated rings. The van der Waals surface area contributed by atoms with Gasteiger partial charge < -0.3 is 11.1 Å². The molecule has 3 N–H and O–H groups in total. The summed E-state index contributed by atoms with van der Waals surface area (Å²) in [5.41, 5.74) is 7.55. The topological polar surface area (TPSA) is 133 Å². The summed E-state index contributed by atoms with van der Waals surface area (Å²) in [5, 5.41) is 11.7. The largest absolute Gasteiger partial charge is 0.433 e. The highest BCUT2D eigenvalue weighted by molar-refractivity contribution is 7.21. The van der Waals surface area contributed by atoms with Gasteiger partial charge in [-0.2, -0.15) is 23.4 Å². The summed E-state index contributed by atoms with van der Waals surface area (Å²) in [5.74, 6) is -1.61. The van der Waals surface area contributed by atoms with Gasteiger partial charge in [-0.1, -0.05) is 30.3 Å². The Kier molecular flexibility index (Phi) is 6.49. The Hall–Kier alpha value is -5.11. The van der Waals surface area contributed by atoms with Gasteiger partial charge in [-0.3, -0.25) is 14.3 Å². The van der Waals surface area contributed by atoms with Crippen LogP contribution in [0.3, 0.4) is 0 Å². The van der Waals surface area contributed by atoms with Crippen molar-refractivity contribution in [3.63, 3.8) is 0 Å². The van der Waals surface area contributed by atoms with Crippen LogP contribution >= 0.6 is 11.3 Å². The van der Waals surface area contributed by atoms with Crippen LogP contribution in [-0.4, -0.2) is 41.2 Å². The number of nitrogens with two attached hydrogens (primary N) is 1. The number of thiophene rings is 1. The molecule has 0 saturated heterocycles. The van der Waals surface area contributed by atoms with E-state index in [2.05, 4.69) is 25.5 Å². The SMILES string of the molecule is CCn1cc(-c2ccnc3c(C(=O)Nc4c(C(N)=O)sc5nc(C(F)(F)F)cc(-c6ccccc6)c45)cnn23)c(C)n1. The second kappa shape index (κ2) is 10.1. The fraction of sp³-hybridized carbons (Fsp3) is 0.143. The van der Waals surface area contributed by atoms with E-state index < -0.39 is 23.7 Å². The summed E-state index contributed by atoms with van der Waals surface area (Å²) >= 11 is 0.674. The molecule has 212 valence electrons. The molecule has 0 aliphatic heterocycles. The van der Waals surface area contributed by atoms with Crippen LogP contribution in [0.4, 0.5) is 18.9 Å². The minimum atomic E-state index is -4.75. The number of halogens is 3. The second-order valence-corrected chi connectivity index (χ2v) is 10.3. The van der Waals surface area contributed by atoms with Crippen LogP contribution in [0.5, 0.6) is 0 Å². The van der Waals surface area contributed by atoms with E-state index >= 15 is 0 Å². The van der Waals surface area contributed by atoms with Crippen molar-refractivity contribution in [2.75, 3.05) is 5.32 Å². The first kappa shape index (κ1) is 27.1. The highest BCUT2D eigenvalue weighted by atomic mass is 32.1. The first-order valence-corrected chi connectivity index (χ1v) is 13.5. The van der Waals surface area contributed by atoms with Crippen molar-refractivity contribution in [1.82, 2.24) is 29.4 Å². The molecule has 0 radical (unpaired) electrons. The molecular formula is C28H21F3N8O2S. The van der Waals surface area contributed by atoms with Gasteiger partial charge in [-0.05, 0) is 37.1 Å². The van der Waals surface area contributed by atoms with Crippen LogP contribution in [0, 0.1) is 6.92 Å². The van der Waals surface area contributed by atoms with Crippen molar-refractivity contribution in [1.29, 1.82) is 0 Å². The maximum absolute atomic E-state index is 13.8. The second-order valence-electron chi connectivity index (χ2n) is 9.33. The highest BCUT2D eigenvalue weighted by Gasteiger charge is 2.35. The molecule has 6 aromatic rings. The van der Waals surface area contributed by atoms with Crippen molar-refractivity contribution >= 4 is 44.7 Å². The molecule has 0 saturated carbocycles. The number of carbonyl (C=O) groups excluding carboxylic acids is 2. The highest BCUT2D eigenvalue weighted by Crippen LogP contribution is 2.43. The number of rotatable bonds is 6. The summed E-state index contributed by atoms with van der Waals surface area (Å²) in [4.78, 5) is 34.0. The van der Waals surface area contributed by atoms with E-state index in [1.807, 2.05) is 20.0 Å². The number of aromatic nitrogens is 6. The average molecular weight is 591 g/mol. The maximum Gasteiger partial charge on any atom is 0.433 e. The smallest absolute Gasteiger partial charge is 0.365 e. The van der Waals surface area contributed by atoms with Crippen LogP contribution in [0.15, 0.2) is 61.1 Å². The standard InChI is InChI=1S/C28H21F3N8O2S/c1-3-38-13-18(14(2)37-38)19-9-10-33-25-17(12-34-39(19)25)26(41)36-22-21-16(15-7-5-4-6-8-15)11-20(28(29,30)31)35-27(21)42-23(22)24(32)40/h4-13H,3H2,1-2H3,(H2,32,40)(H,36,41). The lowest BCUT2D eigenvalue weighted by Gasteiger charge is -2.12. The number of hydrogen-bond acceptors (Lipinski definition) is 7. The Morgan fingerprint density at radius 1 is 1.12 bits per heavy atom. The summed E-state index contributed by atoms with van der Waals surface area (Å²) in [6.45, 7) is 4.50. The first-order chi connectivity index (χ1) is 20.1. The number of anilines is 1. The molecular weight excluding hydrogens is 569 g/mol. The Bertz CT molecular complexity index is 2010. The third-order valence-electron chi connectivity index (χ3n) is 6.69. The lowest BCUT2D eigenvalue weighted by Crippen LogP contribution is -2.17. The third-order valence-corrected chi connectivity index (χ3v) is 7.79. The molecule has 5 aromatic heterocycles. The Morgan fingerprint density at radius 2 is 1.88 bits per heavy atom. The molecule has 5 heterocycles. The minimum absolute atomic E-state index is 0.0388. The molecule has 0 aliphatic rings. The Balaban J connectivity index is 1.50. The molecule has 0 unspecified atom stereocenters. The van der Waals surface area contributed by atoms with Gasteiger partial charge >= 0.3 is 6.18 Å². The van der Waals surface area contributed by atoms with Crippen LogP contribution < -0.4 is 11.1 Å². The Labute approximate surface area is 239 Å². The maximum atomic E-state index is 13.8. The number of primary amides is 1. The number of fused-ring (bicyclic) bond motifs is 2. The van der Waals surface area contributed by atoms with Gasteiger partial charge in [-0.15, -0.1) is 11.3 Å². The van der Waals surface area contributed by atoms with Crippen LogP contribution in [-0.2, 0) is 12.7 Å². The van der Waals surface area contributed by atoms with Gasteiger partial charge in [0.1, 0.15) is 21.0 Å². The third kappa shape index (κ3) is 4.55. The van der Waals surface area contributed by atoms with Gasteiger partial charge in [0, 0.05) is 29.9 Å². The minimum Gasteiger partial charge on any atom is -0.365 e. The number of nitrogens with one attached hydrogen (secondary N) is 1. The van der Waals surface area contributed by atoms with E-state index in [9.17, 15) is 22.8 Å². The normalized spacial score (nSPS) is 11.8. The summed E-state index contributed by atoms with van der Waals surface area (Å²) in [6.07, 6.45) is -0.00588. The van der Waals surface area contributed by atoms with Gasteiger partial charge in [0.05, 0.1) is 23.3 Å². The lowest BCUT2D eigenvalue weighted by molar-refractivity contribution is -0.140. The number of pyridine rings is 1. The van der Waals surface area contributed by atoms with Gasteiger partial charge in [0.25, 0.3) is 11.8 Å². The Morgan fingerprint density at radius 3 is 2.55 bits per heavy atom. The van der Waals surface area contributed by atoms with E-state index in [0.717, 1.165) is 17.3 Å². The number of alkyl halides is 3. The van der Waals surface area contributed by atoms with Crippen molar-refractivity contribution in [2.45, 2.75) is 26.6 Å². The molecule has 6 rings (SSSR count). The molecule has 2 amide bonds. The van der Waals surface area contributed by atoms with Gasteiger partial charge in [0.15, 0.2) is 5.65 Å². The zero-order valence-corrected chi connectivity index (χ0v) is 22.9. The fourth-order valence-corrected chi connectivity index (χ4v) is 5.76. The number of amides is 2. The molecule has 42 heavy (non-hydrogen) atoms. The average Bonchev–Trinajstić information content (AvgIpc) is 3.67. The number of benzene rings is 1. The van der Waals surface area contributed by atoms with E-state index in [0.29, 0.717) is 29.1 Å². The van der Waals surface area contributed by atoms with E-state index in [1.165, 1.54) is 16.9 Å². The van der Waals surface area contributed by atoms with Crippen molar-refractivity contribution in [2.24, 2.45) is 5.73 Å². The zero-order chi connectivity index (χ0) is 29.8. The number of carbonyl (C=O) groups is 2. The number of nitrogens with zero attached hydrogens (tertiary/aromatic N) is 6.